The summed E-state index contributed by atoms with van der Waals surface area (Å²) in [6, 6.07) is 9.31. The highest BCUT2D eigenvalue weighted by Gasteiger charge is 2.41. The predicted octanol–water partition coefficient (Wildman–Crippen LogP) is 3.86. The molecule has 0 N–H and O–H groups in total. The maximum Gasteiger partial charge on any atom is 0.326 e. The molecule has 100 valence electrons. The molecule has 0 saturated heterocycles. The number of halogens is 1. The maximum absolute atomic E-state index is 12.1. The van der Waals surface area contributed by atoms with Crippen molar-refractivity contribution in [2.45, 2.75) is 38.7 Å². The van der Waals surface area contributed by atoms with Gasteiger partial charge in [0.15, 0.2) is 5.41 Å². The van der Waals surface area contributed by atoms with Crippen molar-refractivity contribution in [1.29, 1.82) is 5.26 Å². The van der Waals surface area contributed by atoms with Crippen LogP contribution in [0.4, 0.5) is 0 Å². The average molecular weight is 278 g/mol. The third-order valence-electron chi connectivity index (χ3n) is 3.60. The molecule has 1 saturated carbocycles. The second kappa shape index (κ2) is 6.08. The Morgan fingerprint density at radius 3 is 2.47 bits per heavy atom. The molecule has 19 heavy (non-hydrogen) atoms. The third kappa shape index (κ3) is 3.27. The Hall–Kier alpha value is -1.53. The van der Waals surface area contributed by atoms with E-state index >= 15 is 0 Å². The van der Waals surface area contributed by atoms with Crippen molar-refractivity contribution in [2.24, 2.45) is 5.41 Å². The van der Waals surface area contributed by atoms with Crippen LogP contribution in [0.15, 0.2) is 24.3 Å². The second-order valence-electron chi connectivity index (χ2n) is 4.96. The first-order valence-corrected chi connectivity index (χ1v) is 6.87. The highest BCUT2D eigenvalue weighted by molar-refractivity contribution is 6.30. The summed E-state index contributed by atoms with van der Waals surface area (Å²) in [5.74, 6) is -0.385. The zero-order valence-corrected chi connectivity index (χ0v) is 11.4. The summed E-state index contributed by atoms with van der Waals surface area (Å²) in [5, 5.41) is 9.93. The van der Waals surface area contributed by atoms with Gasteiger partial charge in [0.05, 0.1) is 6.07 Å². The van der Waals surface area contributed by atoms with Crippen LogP contribution in [0, 0.1) is 16.7 Å². The predicted molar refractivity (Wildman–Crippen MR) is 72.4 cm³/mol. The van der Waals surface area contributed by atoms with E-state index in [1.807, 2.05) is 12.1 Å². The van der Waals surface area contributed by atoms with Gasteiger partial charge in [-0.2, -0.15) is 5.26 Å². The second-order valence-corrected chi connectivity index (χ2v) is 5.39. The fraction of sp³-hybridized carbons (Fsp3) is 0.467. The number of nitrogens with zero attached hydrogens (tertiary/aromatic N) is 1. The van der Waals surface area contributed by atoms with E-state index in [9.17, 15) is 10.1 Å². The molecule has 1 aromatic carbocycles. The summed E-state index contributed by atoms with van der Waals surface area (Å²) in [5.41, 5.74) is -0.0494. The number of ether oxygens (including phenoxy) is 1. The minimum Gasteiger partial charge on any atom is -0.460 e. The van der Waals surface area contributed by atoms with E-state index in [-0.39, 0.29) is 12.6 Å². The van der Waals surface area contributed by atoms with Crippen molar-refractivity contribution in [2.75, 3.05) is 0 Å². The third-order valence-corrected chi connectivity index (χ3v) is 3.85. The van der Waals surface area contributed by atoms with Crippen LogP contribution >= 0.6 is 11.6 Å². The summed E-state index contributed by atoms with van der Waals surface area (Å²) >= 11 is 5.79. The Bertz CT molecular complexity index is 484. The zero-order chi connectivity index (χ0) is 13.7. The summed E-state index contributed by atoms with van der Waals surface area (Å²) in [4.78, 5) is 12.1. The zero-order valence-electron chi connectivity index (χ0n) is 10.7. The lowest BCUT2D eigenvalue weighted by molar-refractivity contribution is -0.155. The summed E-state index contributed by atoms with van der Waals surface area (Å²) in [7, 11) is 0. The molecule has 1 aliphatic rings. The van der Waals surface area contributed by atoms with Crippen LogP contribution < -0.4 is 0 Å². The van der Waals surface area contributed by atoms with Gasteiger partial charge < -0.3 is 4.74 Å². The molecule has 0 atom stereocenters. The minimum atomic E-state index is -0.926. The number of esters is 1. The van der Waals surface area contributed by atoms with Crippen molar-refractivity contribution in [3.8, 4) is 6.07 Å². The van der Waals surface area contributed by atoms with Gasteiger partial charge in [-0.3, -0.25) is 4.79 Å². The van der Waals surface area contributed by atoms with Gasteiger partial charge in [0.25, 0.3) is 0 Å². The lowest BCUT2D eigenvalue weighted by Crippen LogP contribution is -2.33. The SMILES string of the molecule is N#CC1(C(=O)OCc2ccc(Cl)cc2)CCCCC1. The fourth-order valence-electron chi connectivity index (χ4n) is 2.38. The van der Waals surface area contributed by atoms with Gasteiger partial charge in [0.2, 0.25) is 0 Å². The van der Waals surface area contributed by atoms with Crippen LogP contribution in [-0.4, -0.2) is 5.97 Å². The van der Waals surface area contributed by atoms with E-state index in [0.29, 0.717) is 17.9 Å². The molecule has 1 aromatic rings. The number of carbonyl (C=O) groups is 1. The van der Waals surface area contributed by atoms with Crippen molar-refractivity contribution in [3.63, 3.8) is 0 Å². The van der Waals surface area contributed by atoms with Crippen molar-refractivity contribution >= 4 is 17.6 Å². The normalized spacial score (nSPS) is 17.5. The fourth-order valence-corrected chi connectivity index (χ4v) is 2.51. The molecule has 0 aliphatic heterocycles. The summed E-state index contributed by atoms with van der Waals surface area (Å²) < 4.78 is 5.30. The highest BCUT2D eigenvalue weighted by Crippen LogP contribution is 2.37. The Balaban J connectivity index is 1.96. The molecule has 1 fully saturated rings. The highest BCUT2D eigenvalue weighted by atomic mass is 35.5. The molecule has 0 bridgehead atoms. The van der Waals surface area contributed by atoms with E-state index in [4.69, 9.17) is 16.3 Å². The van der Waals surface area contributed by atoms with Gasteiger partial charge in [-0.05, 0) is 30.5 Å². The first-order chi connectivity index (χ1) is 9.16. The van der Waals surface area contributed by atoms with Gasteiger partial charge in [-0.15, -0.1) is 0 Å². The summed E-state index contributed by atoms with van der Waals surface area (Å²) in [6.45, 7) is 0.194. The van der Waals surface area contributed by atoms with Crippen LogP contribution in [0.3, 0.4) is 0 Å². The number of rotatable bonds is 3. The topological polar surface area (TPSA) is 50.1 Å². The van der Waals surface area contributed by atoms with Crippen LogP contribution in [-0.2, 0) is 16.1 Å². The van der Waals surface area contributed by atoms with Gasteiger partial charge in [-0.1, -0.05) is 43.0 Å². The van der Waals surface area contributed by atoms with Gasteiger partial charge in [0.1, 0.15) is 6.61 Å². The van der Waals surface area contributed by atoms with E-state index < -0.39 is 5.41 Å². The van der Waals surface area contributed by atoms with E-state index in [1.165, 1.54) is 0 Å². The molecule has 2 rings (SSSR count). The molecule has 0 heterocycles. The Kier molecular flexibility index (Phi) is 4.44. The number of carbonyl (C=O) groups excluding carboxylic acids is 1. The molecule has 0 unspecified atom stereocenters. The molecular weight excluding hydrogens is 262 g/mol. The lowest BCUT2D eigenvalue weighted by Gasteiger charge is -2.28. The molecule has 0 aromatic heterocycles. The first kappa shape index (κ1) is 13.9. The monoisotopic (exact) mass is 277 g/mol. The lowest BCUT2D eigenvalue weighted by atomic mass is 9.75. The largest absolute Gasteiger partial charge is 0.460 e. The molecule has 1 aliphatic carbocycles. The molecule has 4 heteroatoms. The maximum atomic E-state index is 12.1. The first-order valence-electron chi connectivity index (χ1n) is 6.49. The van der Waals surface area contributed by atoms with Crippen LogP contribution in [0.1, 0.15) is 37.7 Å². The van der Waals surface area contributed by atoms with Gasteiger partial charge in [0, 0.05) is 5.02 Å². The van der Waals surface area contributed by atoms with Gasteiger partial charge in [-0.25, -0.2) is 0 Å². The molecular formula is C15H16ClNO2. The Morgan fingerprint density at radius 1 is 1.26 bits per heavy atom. The average Bonchev–Trinajstić information content (AvgIpc) is 2.47. The number of hydrogen-bond acceptors (Lipinski definition) is 3. The van der Waals surface area contributed by atoms with Crippen molar-refractivity contribution in [3.05, 3.63) is 34.9 Å². The van der Waals surface area contributed by atoms with Crippen molar-refractivity contribution < 1.29 is 9.53 Å². The van der Waals surface area contributed by atoms with Crippen molar-refractivity contribution in [1.82, 2.24) is 0 Å². The Labute approximate surface area is 118 Å². The van der Waals surface area contributed by atoms with E-state index in [2.05, 4.69) is 6.07 Å². The Morgan fingerprint density at radius 2 is 1.89 bits per heavy atom. The van der Waals surface area contributed by atoms with Crippen LogP contribution in [0.25, 0.3) is 0 Å². The number of benzene rings is 1. The standard InChI is InChI=1S/C15H16ClNO2/c16-13-6-4-12(5-7-13)10-19-14(18)15(11-17)8-2-1-3-9-15/h4-7H,1-3,8-10H2. The van der Waals surface area contributed by atoms with Gasteiger partial charge >= 0.3 is 5.97 Å². The van der Waals surface area contributed by atoms with Crippen LogP contribution in [0.5, 0.6) is 0 Å². The number of nitriles is 1. The molecule has 0 amide bonds. The molecule has 0 spiro atoms. The minimum absolute atomic E-state index is 0.194. The number of hydrogen-bond donors (Lipinski definition) is 0. The van der Waals surface area contributed by atoms with E-state index in [0.717, 1.165) is 24.8 Å². The summed E-state index contributed by atoms with van der Waals surface area (Å²) in [6.07, 6.45) is 4.16. The van der Waals surface area contributed by atoms with Crippen LogP contribution in [0.2, 0.25) is 5.02 Å². The molecule has 0 radical (unpaired) electrons. The smallest absolute Gasteiger partial charge is 0.326 e. The molecule has 3 nitrogen and oxygen atoms in total. The quantitative estimate of drug-likeness (QED) is 0.788. The van der Waals surface area contributed by atoms with E-state index in [1.54, 1.807) is 12.1 Å².